The van der Waals surface area contributed by atoms with E-state index in [1.54, 1.807) is 0 Å². The van der Waals surface area contributed by atoms with E-state index >= 15 is 0 Å². The molecule has 0 saturated carbocycles. The summed E-state index contributed by atoms with van der Waals surface area (Å²) in [5.74, 6) is 1.14. The quantitative estimate of drug-likeness (QED) is 0.625. The summed E-state index contributed by atoms with van der Waals surface area (Å²) in [6.45, 7) is 13.5. The van der Waals surface area contributed by atoms with Crippen molar-refractivity contribution in [3.63, 3.8) is 0 Å². The van der Waals surface area contributed by atoms with Crippen LogP contribution >= 0.6 is 11.8 Å². The predicted octanol–water partition coefficient (Wildman–Crippen LogP) is 2.91. The largest absolute Gasteiger partial charge is 0.481 e. The molecule has 0 aliphatic heterocycles. The van der Waals surface area contributed by atoms with Gasteiger partial charge in [-0.25, -0.2) is 0 Å². The Labute approximate surface area is 143 Å². The third kappa shape index (κ3) is 38.7. The Morgan fingerprint density at radius 3 is 1.48 bits per heavy atom. The van der Waals surface area contributed by atoms with Crippen molar-refractivity contribution < 1.29 is 32.2 Å². The Hall–Kier alpha value is -0.840. The minimum Gasteiger partial charge on any atom is -0.481 e. The first-order chi connectivity index (χ1) is 10.2. The maximum absolute atomic E-state index is 11.7. The van der Waals surface area contributed by atoms with Gasteiger partial charge in [-0.2, -0.15) is 8.42 Å². The average molecular weight is 376 g/mol. The SMILES string of the molecule is CC(=O)O.CCSC(=O)N(CC(C)C)CC(C)C.O=S(=O)(O)O. The van der Waals surface area contributed by atoms with Crippen molar-refractivity contribution >= 4 is 33.4 Å². The van der Waals surface area contributed by atoms with E-state index in [1.807, 2.05) is 11.8 Å². The highest BCUT2D eigenvalue weighted by molar-refractivity contribution is 8.13. The average Bonchev–Trinajstić information content (AvgIpc) is 2.23. The molecule has 0 rings (SSSR count). The molecule has 23 heavy (non-hydrogen) atoms. The first kappa shape index (κ1) is 27.0. The molecular weight excluding hydrogens is 346 g/mol. The Balaban J connectivity index is -0.000000365. The molecule has 0 aliphatic carbocycles. The lowest BCUT2D eigenvalue weighted by molar-refractivity contribution is -0.134. The van der Waals surface area contributed by atoms with Gasteiger partial charge in [0.2, 0.25) is 0 Å². The molecule has 0 aromatic heterocycles. The zero-order chi connectivity index (χ0) is 19.2. The van der Waals surface area contributed by atoms with E-state index in [0.717, 1.165) is 25.8 Å². The van der Waals surface area contributed by atoms with Crippen molar-refractivity contribution in [1.82, 2.24) is 4.90 Å². The highest BCUT2D eigenvalue weighted by Gasteiger charge is 2.15. The summed E-state index contributed by atoms with van der Waals surface area (Å²) in [6.07, 6.45) is 0. The van der Waals surface area contributed by atoms with Gasteiger partial charge in [-0.1, -0.05) is 46.4 Å². The van der Waals surface area contributed by atoms with Crippen molar-refractivity contribution in [2.24, 2.45) is 11.8 Å². The first-order valence-corrected chi connectivity index (χ1v) is 9.39. The molecule has 3 N–H and O–H groups in total. The number of thioether (sulfide) groups is 1. The molecule has 0 spiro atoms. The van der Waals surface area contributed by atoms with Gasteiger partial charge in [0.25, 0.3) is 11.2 Å². The highest BCUT2D eigenvalue weighted by atomic mass is 32.3. The summed E-state index contributed by atoms with van der Waals surface area (Å²) in [5.41, 5.74) is 0. The van der Waals surface area contributed by atoms with Crippen LogP contribution in [-0.4, -0.2) is 57.6 Å². The normalized spacial score (nSPS) is 10.3. The maximum atomic E-state index is 11.7. The van der Waals surface area contributed by atoms with Crippen molar-refractivity contribution in [3.8, 4) is 0 Å². The molecule has 0 aliphatic rings. The summed E-state index contributed by atoms with van der Waals surface area (Å²) in [7, 11) is -4.67. The number of nitrogens with zero attached hydrogens (tertiary/aromatic N) is 1. The zero-order valence-electron chi connectivity index (χ0n) is 14.5. The molecule has 0 radical (unpaired) electrons. The summed E-state index contributed by atoms with van der Waals surface area (Å²) < 4.78 is 31.6. The number of aliphatic carboxylic acids is 1. The second-order valence-electron chi connectivity index (χ2n) is 5.36. The van der Waals surface area contributed by atoms with Gasteiger partial charge in [-0.15, -0.1) is 0 Å². The fourth-order valence-corrected chi connectivity index (χ4v) is 1.90. The second-order valence-corrected chi connectivity index (χ2v) is 7.47. The van der Waals surface area contributed by atoms with E-state index in [0.29, 0.717) is 11.8 Å². The topological polar surface area (TPSA) is 132 Å². The Kier molecular flexibility index (Phi) is 17.3. The van der Waals surface area contributed by atoms with Crippen LogP contribution in [0.25, 0.3) is 0 Å². The number of carbonyl (C=O) groups excluding carboxylic acids is 1. The Bertz CT molecular complexity index is 400. The molecule has 0 unspecified atom stereocenters. The lowest BCUT2D eigenvalue weighted by atomic mass is 10.1. The molecule has 0 fully saturated rings. The summed E-state index contributed by atoms with van der Waals surface area (Å²) in [6, 6.07) is 0. The maximum Gasteiger partial charge on any atom is 0.394 e. The predicted molar refractivity (Wildman–Crippen MR) is 92.3 cm³/mol. The molecule has 10 heteroatoms. The van der Waals surface area contributed by atoms with Crippen LogP contribution in [0.4, 0.5) is 4.79 Å². The number of amides is 1. The van der Waals surface area contributed by atoms with E-state index in [-0.39, 0.29) is 5.24 Å². The number of carboxylic acid groups (broad SMARTS) is 1. The highest BCUT2D eigenvalue weighted by Crippen LogP contribution is 2.12. The lowest BCUT2D eigenvalue weighted by Gasteiger charge is -2.25. The summed E-state index contributed by atoms with van der Waals surface area (Å²) >= 11 is 1.41. The number of hydrogen-bond donors (Lipinski definition) is 3. The van der Waals surface area contributed by atoms with Gasteiger partial charge in [-0.05, 0) is 17.6 Å². The number of rotatable bonds is 5. The Morgan fingerprint density at radius 2 is 1.30 bits per heavy atom. The van der Waals surface area contributed by atoms with Gasteiger partial charge in [0.05, 0.1) is 0 Å². The molecule has 8 nitrogen and oxygen atoms in total. The van der Waals surface area contributed by atoms with Crippen LogP contribution in [0.15, 0.2) is 0 Å². The number of carbonyl (C=O) groups is 2. The molecule has 0 aromatic carbocycles. The van der Waals surface area contributed by atoms with Gasteiger partial charge in [0, 0.05) is 20.0 Å². The van der Waals surface area contributed by atoms with E-state index in [2.05, 4.69) is 27.7 Å². The molecular formula is C13H29NO7S2. The van der Waals surface area contributed by atoms with E-state index in [9.17, 15) is 4.79 Å². The van der Waals surface area contributed by atoms with Gasteiger partial charge < -0.3 is 10.0 Å². The molecule has 0 atom stereocenters. The number of carboxylic acids is 1. The molecule has 0 aromatic rings. The van der Waals surface area contributed by atoms with E-state index < -0.39 is 16.4 Å². The minimum absolute atomic E-state index is 0.231. The third-order valence-corrected chi connectivity index (χ3v) is 2.49. The van der Waals surface area contributed by atoms with Crippen LogP contribution in [0.3, 0.4) is 0 Å². The van der Waals surface area contributed by atoms with E-state index in [4.69, 9.17) is 27.4 Å². The van der Waals surface area contributed by atoms with Crippen LogP contribution < -0.4 is 0 Å². The fourth-order valence-electron chi connectivity index (χ4n) is 1.32. The zero-order valence-corrected chi connectivity index (χ0v) is 16.1. The van der Waals surface area contributed by atoms with Crippen LogP contribution in [-0.2, 0) is 15.2 Å². The number of hydrogen-bond acceptors (Lipinski definition) is 5. The first-order valence-electron chi connectivity index (χ1n) is 7.01. The van der Waals surface area contributed by atoms with Crippen LogP contribution in [0, 0.1) is 11.8 Å². The van der Waals surface area contributed by atoms with Crippen molar-refractivity contribution in [3.05, 3.63) is 0 Å². The van der Waals surface area contributed by atoms with Crippen LogP contribution in [0.2, 0.25) is 0 Å². The van der Waals surface area contributed by atoms with Crippen LogP contribution in [0.5, 0.6) is 0 Å². The lowest BCUT2D eigenvalue weighted by Crippen LogP contribution is -2.34. The van der Waals surface area contributed by atoms with E-state index in [1.165, 1.54) is 11.8 Å². The molecule has 0 heterocycles. The molecule has 140 valence electrons. The van der Waals surface area contributed by atoms with Crippen molar-refractivity contribution in [2.75, 3.05) is 18.8 Å². The van der Waals surface area contributed by atoms with Crippen molar-refractivity contribution in [1.29, 1.82) is 0 Å². The minimum atomic E-state index is -4.67. The van der Waals surface area contributed by atoms with Crippen LogP contribution in [0.1, 0.15) is 41.5 Å². The van der Waals surface area contributed by atoms with Gasteiger partial charge in [0.1, 0.15) is 0 Å². The molecule has 0 bridgehead atoms. The smallest absolute Gasteiger partial charge is 0.394 e. The fraction of sp³-hybridized carbons (Fsp3) is 0.846. The standard InChI is InChI=1S/C11H23NOS.C2H4O2.H2O4S/c1-6-14-11(13)12(7-9(2)3)8-10(4)5;1-2(3)4;1-5(2,3)4/h9-10H,6-8H2,1-5H3;1H3,(H,3,4);(H2,1,2,3,4). The monoisotopic (exact) mass is 375 g/mol. The summed E-state index contributed by atoms with van der Waals surface area (Å²) in [4.78, 5) is 22.7. The van der Waals surface area contributed by atoms with Gasteiger partial charge >= 0.3 is 10.4 Å². The van der Waals surface area contributed by atoms with Crippen molar-refractivity contribution in [2.45, 2.75) is 41.5 Å². The molecule has 1 amide bonds. The van der Waals surface area contributed by atoms with Gasteiger partial charge in [-0.3, -0.25) is 18.7 Å². The second kappa shape index (κ2) is 14.7. The Morgan fingerprint density at radius 1 is 1.04 bits per heavy atom. The summed E-state index contributed by atoms with van der Waals surface area (Å²) in [5, 5.41) is 7.65. The third-order valence-electron chi connectivity index (χ3n) is 1.70. The molecule has 0 saturated heterocycles. The van der Waals surface area contributed by atoms with Gasteiger partial charge in [0.15, 0.2) is 0 Å².